The second-order valence-electron chi connectivity index (χ2n) is 4.86. The van der Waals surface area contributed by atoms with E-state index in [1.54, 1.807) is 0 Å². The van der Waals surface area contributed by atoms with Gasteiger partial charge < -0.3 is 4.74 Å². The highest BCUT2D eigenvalue weighted by Gasteiger charge is 2.04. The predicted molar refractivity (Wildman–Crippen MR) is 87.2 cm³/mol. The molecule has 1 nitrogen and oxygen atoms in total. The third-order valence-corrected chi connectivity index (χ3v) is 3.97. The molecule has 100 valence electrons. The van der Waals surface area contributed by atoms with Gasteiger partial charge in [-0.2, -0.15) is 0 Å². The molecular weight excluding hydrogens is 312 g/mol. The van der Waals surface area contributed by atoms with Gasteiger partial charge in [-0.15, -0.1) is 0 Å². The van der Waals surface area contributed by atoms with Crippen molar-refractivity contribution in [1.82, 2.24) is 0 Å². The summed E-state index contributed by atoms with van der Waals surface area (Å²) in [5.41, 5.74) is 2.42. The van der Waals surface area contributed by atoms with E-state index in [-0.39, 0.29) is 0 Å². The molecule has 3 rings (SSSR count). The standard InChI is InChI=1S/C18H15BrO/c1-13-9-10-18(17(19)11-13)20-12-15-7-4-6-14-5-2-3-8-16(14)15/h2-11H,12H2,1H3. The van der Waals surface area contributed by atoms with Gasteiger partial charge in [-0.25, -0.2) is 0 Å². The monoisotopic (exact) mass is 326 g/mol. The number of hydrogen-bond donors (Lipinski definition) is 0. The number of hydrogen-bond acceptors (Lipinski definition) is 1. The number of ether oxygens (including phenoxy) is 1. The average molecular weight is 327 g/mol. The van der Waals surface area contributed by atoms with Crippen molar-refractivity contribution < 1.29 is 4.74 Å². The van der Waals surface area contributed by atoms with Crippen molar-refractivity contribution >= 4 is 26.7 Å². The van der Waals surface area contributed by atoms with E-state index >= 15 is 0 Å². The van der Waals surface area contributed by atoms with Gasteiger partial charge in [0.15, 0.2) is 0 Å². The topological polar surface area (TPSA) is 9.23 Å². The molecule has 3 aromatic carbocycles. The van der Waals surface area contributed by atoms with Crippen LogP contribution in [0.15, 0.2) is 65.1 Å². The lowest BCUT2D eigenvalue weighted by Crippen LogP contribution is -1.97. The Hall–Kier alpha value is -1.80. The first-order valence-corrected chi connectivity index (χ1v) is 7.39. The number of benzene rings is 3. The van der Waals surface area contributed by atoms with Crippen LogP contribution in [-0.2, 0) is 6.61 Å². The highest BCUT2D eigenvalue weighted by atomic mass is 79.9. The van der Waals surface area contributed by atoms with Gasteiger partial charge in [-0.3, -0.25) is 0 Å². The molecule has 2 heteroatoms. The average Bonchev–Trinajstić information content (AvgIpc) is 2.46. The van der Waals surface area contributed by atoms with Crippen molar-refractivity contribution in [3.8, 4) is 5.75 Å². The number of rotatable bonds is 3. The van der Waals surface area contributed by atoms with Crippen LogP contribution >= 0.6 is 15.9 Å². The molecule has 0 spiro atoms. The fourth-order valence-electron chi connectivity index (χ4n) is 2.30. The number of aryl methyl sites for hydroxylation is 1. The summed E-state index contributed by atoms with van der Waals surface area (Å²) in [7, 11) is 0. The molecule has 0 aliphatic rings. The zero-order chi connectivity index (χ0) is 13.9. The van der Waals surface area contributed by atoms with E-state index in [0.717, 1.165) is 10.2 Å². The Labute approximate surface area is 127 Å². The van der Waals surface area contributed by atoms with Crippen LogP contribution in [-0.4, -0.2) is 0 Å². The molecular formula is C18H15BrO. The summed E-state index contributed by atoms with van der Waals surface area (Å²) in [4.78, 5) is 0. The SMILES string of the molecule is Cc1ccc(OCc2cccc3ccccc23)c(Br)c1. The summed E-state index contributed by atoms with van der Waals surface area (Å²) in [6.45, 7) is 2.64. The molecule has 0 atom stereocenters. The van der Waals surface area contributed by atoms with Crippen molar-refractivity contribution in [2.24, 2.45) is 0 Å². The normalized spacial score (nSPS) is 10.7. The molecule has 0 heterocycles. The molecule has 0 bridgehead atoms. The molecule has 0 N–H and O–H groups in total. The second-order valence-corrected chi connectivity index (χ2v) is 5.72. The first-order chi connectivity index (χ1) is 9.74. The summed E-state index contributed by atoms with van der Waals surface area (Å²) in [6.07, 6.45) is 0. The van der Waals surface area contributed by atoms with Crippen LogP contribution in [0.4, 0.5) is 0 Å². The molecule has 20 heavy (non-hydrogen) atoms. The molecule has 0 aromatic heterocycles. The molecule has 0 aliphatic heterocycles. The van der Waals surface area contributed by atoms with E-state index in [1.807, 2.05) is 6.07 Å². The Morgan fingerprint density at radius 3 is 2.60 bits per heavy atom. The third-order valence-electron chi connectivity index (χ3n) is 3.35. The van der Waals surface area contributed by atoms with Gasteiger partial charge in [0, 0.05) is 0 Å². The molecule has 0 unspecified atom stereocenters. The lowest BCUT2D eigenvalue weighted by Gasteiger charge is -2.11. The van der Waals surface area contributed by atoms with Crippen LogP contribution < -0.4 is 4.74 Å². The van der Waals surface area contributed by atoms with Crippen LogP contribution in [0.25, 0.3) is 10.8 Å². The molecule has 0 fully saturated rings. The van der Waals surface area contributed by atoms with Gasteiger partial charge in [0.1, 0.15) is 12.4 Å². The Balaban J connectivity index is 1.87. The maximum atomic E-state index is 5.94. The first-order valence-electron chi connectivity index (χ1n) is 6.59. The minimum absolute atomic E-state index is 0.572. The molecule has 0 amide bonds. The van der Waals surface area contributed by atoms with Gasteiger partial charge in [0.25, 0.3) is 0 Å². The summed E-state index contributed by atoms with van der Waals surface area (Å²) in [5.74, 6) is 0.878. The summed E-state index contributed by atoms with van der Waals surface area (Å²) in [5, 5.41) is 2.50. The smallest absolute Gasteiger partial charge is 0.134 e. The molecule has 0 radical (unpaired) electrons. The fourth-order valence-corrected chi connectivity index (χ4v) is 2.90. The van der Waals surface area contributed by atoms with Crippen LogP contribution in [0.1, 0.15) is 11.1 Å². The fraction of sp³-hybridized carbons (Fsp3) is 0.111. The van der Waals surface area contributed by atoms with Gasteiger partial charge in [-0.05, 0) is 56.9 Å². The molecule has 0 saturated heterocycles. The van der Waals surface area contributed by atoms with Crippen LogP contribution in [0.3, 0.4) is 0 Å². The van der Waals surface area contributed by atoms with Crippen LogP contribution in [0.5, 0.6) is 5.75 Å². The Morgan fingerprint density at radius 2 is 1.75 bits per heavy atom. The molecule has 0 aliphatic carbocycles. The zero-order valence-electron chi connectivity index (χ0n) is 11.3. The van der Waals surface area contributed by atoms with E-state index in [0.29, 0.717) is 6.61 Å². The van der Waals surface area contributed by atoms with Gasteiger partial charge in [0.05, 0.1) is 4.47 Å². The van der Waals surface area contributed by atoms with Gasteiger partial charge in [-0.1, -0.05) is 48.5 Å². The quantitative estimate of drug-likeness (QED) is 0.618. The molecule has 3 aromatic rings. The van der Waals surface area contributed by atoms with Crippen molar-refractivity contribution in [2.45, 2.75) is 13.5 Å². The zero-order valence-corrected chi connectivity index (χ0v) is 12.9. The van der Waals surface area contributed by atoms with Gasteiger partial charge in [0.2, 0.25) is 0 Å². The van der Waals surface area contributed by atoms with Gasteiger partial charge >= 0.3 is 0 Å². The maximum absolute atomic E-state index is 5.94. The Kier molecular flexibility index (Phi) is 3.75. The Morgan fingerprint density at radius 1 is 0.950 bits per heavy atom. The lowest BCUT2D eigenvalue weighted by molar-refractivity contribution is 0.305. The predicted octanol–water partition coefficient (Wildman–Crippen LogP) is 5.49. The minimum atomic E-state index is 0.572. The third kappa shape index (κ3) is 2.70. The van der Waals surface area contributed by atoms with E-state index in [9.17, 15) is 0 Å². The molecule has 0 saturated carbocycles. The maximum Gasteiger partial charge on any atom is 0.134 e. The van der Waals surface area contributed by atoms with Crippen molar-refractivity contribution in [3.63, 3.8) is 0 Å². The van der Waals surface area contributed by atoms with Crippen LogP contribution in [0.2, 0.25) is 0 Å². The van der Waals surface area contributed by atoms with E-state index in [4.69, 9.17) is 4.74 Å². The van der Waals surface area contributed by atoms with Crippen molar-refractivity contribution in [2.75, 3.05) is 0 Å². The number of halogens is 1. The van der Waals surface area contributed by atoms with E-state index in [1.165, 1.54) is 21.9 Å². The highest BCUT2D eigenvalue weighted by Crippen LogP contribution is 2.27. The van der Waals surface area contributed by atoms with Crippen molar-refractivity contribution in [1.29, 1.82) is 0 Å². The van der Waals surface area contributed by atoms with Crippen molar-refractivity contribution in [3.05, 3.63) is 76.3 Å². The Bertz CT molecular complexity index is 744. The van der Waals surface area contributed by atoms with E-state index in [2.05, 4.69) is 77.5 Å². The summed E-state index contributed by atoms with van der Waals surface area (Å²) < 4.78 is 6.94. The lowest BCUT2D eigenvalue weighted by atomic mass is 10.1. The first kappa shape index (κ1) is 13.2. The van der Waals surface area contributed by atoms with E-state index < -0.39 is 0 Å². The highest BCUT2D eigenvalue weighted by molar-refractivity contribution is 9.10. The minimum Gasteiger partial charge on any atom is -0.488 e. The largest absolute Gasteiger partial charge is 0.488 e. The van der Waals surface area contributed by atoms with Crippen LogP contribution in [0, 0.1) is 6.92 Å². The summed E-state index contributed by atoms with van der Waals surface area (Å²) >= 11 is 3.55. The number of fused-ring (bicyclic) bond motifs is 1. The second kappa shape index (κ2) is 5.68. The summed E-state index contributed by atoms with van der Waals surface area (Å²) in [6, 6.07) is 20.8.